The molecule has 0 fully saturated rings. The van der Waals surface area contributed by atoms with Crippen LogP contribution < -0.4 is 0 Å². The van der Waals surface area contributed by atoms with E-state index < -0.39 is 0 Å². The van der Waals surface area contributed by atoms with E-state index in [2.05, 4.69) is 136 Å². The van der Waals surface area contributed by atoms with E-state index in [4.69, 9.17) is 4.42 Å². The normalized spacial score (nSPS) is 14.7. The van der Waals surface area contributed by atoms with Gasteiger partial charge in [0.05, 0.1) is 5.69 Å². The molecule has 1 aliphatic carbocycles. The quantitative estimate of drug-likeness (QED) is 0.243. The Bertz CT molecular complexity index is 1730. The van der Waals surface area contributed by atoms with Gasteiger partial charge < -0.3 is 9.40 Å². The van der Waals surface area contributed by atoms with Gasteiger partial charge >= 0.3 is 0 Å². The number of H-pyrrole nitrogens is 1. The fraction of sp³-hybridized carbons (Fsp3) is 0.0303. The molecule has 1 aliphatic rings. The highest BCUT2D eigenvalue weighted by molar-refractivity contribution is 9.10. The number of fused-ring (bicyclic) bond motifs is 4. The Balaban J connectivity index is 1.59. The minimum atomic E-state index is 0.0120. The van der Waals surface area contributed by atoms with Gasteiger partial charge in [0.1, 0.15) is 11.5 Å². The first kappa shape index (κ1) is 21.2. The minimum Gasteiger partial charge on any atom is -0.456 e. The van der Waals surface area contributed by atoms with E-state index in [9.17, 15) is 0 Å². The van der Waals surface area contributed by atoms with Crippen LogP contribution in [-0.2, 0) is 0 Å². The van der Waals surface area contributed by atoms with Gasteiger partial charge in [0, 0.05) is 38.0 Å². The van der Waals surface area contributed by atoms with Crippen molar-refractivity contribution in [3.63, 3.8) is 0 Å². The zero-order chi connectivity index (χ0) is 24.1. The molecule has 1 unspecified atom stereocenters. The largest absolute Gasteiger partial charge is 0.456 e. The molecule has 3 heteroatoms. The molecule has 0 saturated heterocycles. The van der Waals surface area contributed by atoms with Crippen molar-refractivity contribution in [1.29, 1.82) is 0 Å². The van der Waals surface area contributed by atoms with Crippen molar-refractivity contribution < 1.29 is 4.42 Å². The number of rotatable bonds is 3. The zero-order valence-electron chi connectivity index (χ0n) is 19.4. The van der Waals surface area contributed by atoms with Crippen LogP contribution in [0.4, 0.5) is 0 Å². The molecular weight excluding hydrogens is 506 g/mol. The van der Waals surface area contributed by atoms with Crippen LogP contribution in [0.2, 0.25) is 0 Å². The summed E-state index contributed by atoms with van der Waals surface area (Å²) in [5.74, 6) is 1.79. The van der Waals surface area contributed by atoms with Gasteiger partial charge in [-0.2, -0.15) is 0 Å². The Morgan fingerprint density at radius 2 is 1.36 bits per heavy atom. The summed E-state index contributed by atoms with van der Waals surface area (Å²) in [4.78, 5) is 3.77. The summed E-state index contributed by atoms with van der Waals surface area (Å²) in [7, 11) is 0. The smallest absolute Gasteiger partial charge is 0.135 e. The van der Waals surface area contributed by atoms with Crippen molar-refractivity contribution in [2.75, 3.05) is 0 Å². The molecule has 2 heterocycles. The molecule has 0 spiro atoms. The second-order valence-corrected chi connectivity index (χ2v) is 10.1. The Morgan fingerprint density at radius 3 is 2.08 bits per heavy atom. The predicted molar refractivity (Wildman–Crippen MR) is 151 cm³/mol. The molecule has 2 nitrogen and oxygen atoms in total. The van der Waals surface area contributed by atoms with Gasteiger partial charge in [-0.15, -0.1) is 0 Å². The maximum absolute atomic E-state index is 6.61. The van der Waals surface area contributed by atoms with Crippen LogP contribution in [0.3, 0.4) is 0 Å². The molecule has 1 N–H and O–H groups in total. The molecule has 2 aromatic heterocycles. The van der Waals surface area contributed by atoms with Crippen LogP contribution in [0.25, 0.3) is 33.9 Å². The number of hydrogen-bond acceptors (Lipinski definition) is 1. The number of aromatic nitrogens is 1. The van der Waals surface area contributed by atoms with Crippen molar-refractivity contribution in [2.24, 2.45) is 0 Å². The van der Waals surface area contributed by atoms with E-state index in [1.807, 2.05) is 6.07 Å². The first-order valence-electron chi connectivity index (χ1n) is 12.1. The third kappa shape index (κ3) is 3.47. The second-order valence-electron chi connectivity index (χ2n) is 9.17. The SMILES string of the molecule is Brc1ccc2[nH]c3c(c2c1)C(c1ccccc1)c1cc(-c2ccccc2)oc1C=C3c1ccccc1. The van der Waals surface area contributed by atoms with E-state index in [1.165, 1.54) is 22.1 Å². The summed E-state index contributed by atoms with van der Waals surface area (Å²) in [6.45, 7) is 0. The fourth-order valence-electron chi connectivity index (χ4n) is 5.40. The van der Waals surface area contributed by atoms with Crippen LogP contribution >= 0.6 is 15.9 Å². The van der Waals surface area contributed by atoms with Crippen LogP contribution in [-0.4, -0.2) is 4.98 Å². The lowest BCUT2D eigenvalue weighted by Gasteiger charge is -2.18. The van der Waals surface area contributed by atoms with Gasteiger partial charge in [0.2, 0.25) is 0 Å². The highest BCUT2D eigenvalue weighted by atomic mass is 79.9. The van der Waals surface area contributed by atoms with Gasteiger partial charge in [0.15, 0.2) is 0 Å². The van der Waals surface area contributed by atoms with Crippen LogP contribution in [0.1, 0.15) is 39.6 Å². The van der Waals surface area contributed by atoms with E-state index in [-0.39, 0.29) is 5.92 Å². The lowest BCUT2D eigenvalue weighted by molar-refractivity contribution is 0.567. The Morgan fingerprint density at radius 1 is 0.694 bits per heavy atom. The maximum Gasteiger partial charge on any atom is 0.135 e. The van der Waals surface area contributed by atoms with Crippen LogP contribution in [0.15, 0.2) is 124 Å². The van der Waals surface area contributed by atoms with Gasteiger partial charge in [0.25, 0.3) is 0 Å². The van der Waals surface area contributed by atoms with Crippen molar-refractivity contribution >= 4 is 38.5 Å². The number of halogens is 1. The number of aromatic amines is 1. The Hall–Kier alpha value is -4.08. The van der Waals surface area contributed by atoms with E-state index >= 15 is 0 Å². The highest BCUT2D eigenvalue weighted by Gasteiger charge is 2.32. The first-order valence-corrected chi connectivity index (χ1v) is 12.9. The number of nitrogens with one attached hydrogen (secondary N) is 1. The summed E-state index contributed by atoms with van der Waals surface area (Å²) in [5, 5.41) is 1.21. The zero-order valence-corrected chi connectivity index (χ0v) is 21.0. The summed E-state index contributed by atoms with van der Waals surface area (Å²) in [5.41, 5.74) is 9.31. The molecule has 4 aromatic carbocycles. The maximum atomic E-state index is 6.61. The molecule has 0 bridgehead atoms. The topological polar surface area (TPSA) is 28.9 Å². The van der Waals surface area contributed by atoms with Gasteiger partial charge in [-0.3, -0.25) is 0 Å². The number of furan rings is 1. The van der Waals surface area contributed by atoms with Gasteiger partial charge in [-0.25, -0.2) is 0 Å². The molecule has 172 valence electrons. The van der Waals surface area contributed by atoms with Gasteiger partial charge in [-0.1, -0.05) is 107 Å². The third-order valence-electron chi connectivity index (χ3n) is 7.01. The summed E-state index contributed by atoms with van der Waals surface area (Å²) >= 11 is 3.72. The molecule has 7 rings (SSSR count). The molecule has 0 amide bonds. The van der Waals surface area contributed by atoms with Crippen LogP contribution in [0, 0.1) is 0 Å². The first-order chi connectivity index (χ1) is 17.8. The monoisotopic (exact) mass is 527 g/mol. The molecule has 6 aromatic rings. The Labute approximate surface area is 218 Å². The molecule has 0 saturated carbocycles. The van der Waals surface area contributed by atoms with E-state index in [0.717, 1.165) is 43.9 Å². The summed E-state index contributed by atoms with van der Waals surface area (Å²) < 4.78 is 7.68. The van der Waals surface area contributed by atoms with Crippen molar-refractivity contribution in [1.82, 2.24) is 4.98 Å². The third-order valence-corrected chi connectivity index (χ3v) is 7.51. The van der Waals surface area contributed by atoms with E-state index in [1.54, 1.807) is 0 Å². The van der Waals surface area contributed by atoms with Crippen molar-refractivity contribution in [3.05, 3.63) is 153 Å². The lowest BCUT2D eigenvalue weighted by atomic mass is 9.83. The van der Waals surface area contributed by atoms with E-state index in [0.29, 0.717) is 0 Å². The Kier molecular flexibility index (Phi) is 5.04. The number of benzene rings is 4. The average Bonchev–Trinajstić information content (AvgIpc) is 3.48. The molecule has 1 atom stereocenters. The highest BCUT2D eigenvalue weighted by Crippen LogP contribution is 2.48. The summed E-state index contributed by atoms with van der Waals surface area (Å²) in [6.07, 6.45) is 2.21. The van der Waals surface area contributed by atoms with Crippen LogP contribution in [0.5, 0.6) is 0 Å². The van der Waals surface area contributed by atoms with Gasteiger partial charge in [-0.05, 0) is 47.0 Å². The average molecular weight is 528 g/mol. The fourth-order valence-corrected chi connectivity index (χ4v) is 5.76. The molecular formula is C33H22BrNO. The van der Waals surface area contributed by atoms with Crippen molar-refractivity contribution in [3.8, 4) is 11.3 Å². The molecule has 0 aliphatic heterocycles. The second kappa shape index (κ2) is 8.54. The molecule has 36 heavy (non-hydrogen) atoms. The predicted octanol–water partition coefficient (Wildman–Crippen LogP) is 9.27. The summed E-state index contributed by atoms with van der Waals surface area (Å²) in [6, 6.07) is 40.4. The number of hydrogen-bond donors (Lipinski definition) is 1. The standard InChI is InChI=1S/C33H22BrNO/c34-24-16-17-28-26(18-24)32-31(23-14-8-3-9-15-23)27-20-29(22-12-6-2-7-13-22)36-30(27)19-25(33(32)35-28)21-10-4-1-5-11-21/h1-20,31,35H. The van der Waals surface area contributed by atoms with Crippen molar-refractivity contribution in [2.45, 2.75) is 5.92 Å². The minimum absolute atomic E-state index is 0.0120. The molecule has 0 radical (unpaired) electrons. The lowest BCUT2D eigenvalue weighted by Crippen LogP contribution is -2.04.